The van der Waals surface area contributed by atoms with E-state index in [1.54, 1.807) is 0 Å². The monoisotopic (exact) mass is 195 g/mol. The molecular weight excluding hydrogens is 174 g/mol. The van der Waals surface area contributed by atoms with Crippen LogP contribution in [0.15, 0.2) is 4.99 Å². The normalized spacial score (nSPS) is 36.9. The molecule has 2 N–H and O–H groups in total. The summed E-state index contributed by atoms with van der Waals surface area (Å²) in [4.78, 5) is 6.78. The van der Waals surface area contributed by atoms with Gasteiger partial charge in [0.25, 0.3) is 0 Å². The van der Waals surface area contributed by atoms with Gasteiger partial charge in [0, 0.05) is 6.54 Å². The first-order chi connectivity index (χ1) is 6.68. The van der Waals surface area contributed by atoms with Crippen molar-refractivity contribution < 1.29 is 0 Å². The molecule has 0 radical (unpaired) electrons. The first-order valence-corrected chi connectivity index (χ1v) is 5.75. The van der Waals surface area contributed by atoms with E-state index in [1.807, 2.05) is 0 Å². The molecular formula is C11H21N3. The highest BCUT2D eigenvalue weighted by Gasteiger charge is 2.45. The molecule has 1 aliphatic carbocycles. The molecule has 2 aliphatic rings. The summed E-state index contributed by atoms with van der Waals surface area (Å²) in [5, 5.41) is 0. The van der Waals surface area contributed by atoms with Crippen LogP contribution in [0.3, 0.4) is 0 Å². The maximum Gasteiger partial charge on any atom is 0.191 e. The summed E-state index contributed by atoms with van der Waals surface area (Å²) in [5.74, 6) is 1.62. The van der Waals surface area contributed by atoms with Crippen molar-refractivity contribution in [1.29, 1.82) is 0 Å². The van der Waals surface area contributed by atoms with Crippen molar-refractivity contribution in [2.24, 2.45) is 16.6 Å². The Kier molecular flexibility index (Phi) is 2.41. The van der Waals surface area contributed by atoms with Gasteiger partial charge in [-0.3, -0.25) is 4.99 Å². The minimum Gasteiger partial charge on any atom is -0.370 e. The lowest BCUT2D eigenvalue weighted by Crippen LogP contribution is -2.50. The SMILES string of the molecule is CCCN1C(N)=NCC12CCC(C)C2. The van der Waals surface area contributed by atoms with Crippen LogP contribution in [0.1, 0.15) is 39.5 Å². The van der Waals surface area contributed by atoms with E-state index in [9.17, 15) is 0 Å². The van der Waals surface area contributed by atoms with Gasteiger partial charge in [0.05, 0.1) is 12.1 Å². The molecule has 2 unspecified atom stereocenters. The van der Waals surface area contributed by atoms with Crippen molar-refractivity contribution in [3.63, 3.8) is 0 Å². The van der Waals surface area contributed by atoms with Gasteiger partial charge in [-0.25, -0.2) is 0 Å². The first kappa shape index (κ1) is 9.81. The molecule has 1 saturated carbocycles. The topological polar surface area (TPSA) is 41.6 Å². The number of hydrogen-bond acceptors (Lipinski definition) is 3. The van der Waals surface area contributed by atoms with Gasteiger partial charge in [0.1, 0.15) is 0 Å². The van der Waals surface area contributed by atoms with Crippen molar-refractivity contribution in [1.82, 2.24) is 4.90 Å². The summed E-state index contributed by atoms with van der Waals surface area (Å²) >= 11 is 0. The summed E-state index contributed by atoms with van der Waals surface area (Å²) in [6.07, 6.45) is 5.05. The van der Waals surface area contributed by atoms with Crippen LogP contribution in [0.5, 0.6) is 0 Å². The largest absolute Gasteiger partial charge is 0.370 e. The fourth-order valence-corrected chi connectivity index (χ4v) is 2.97. The predicted octanol–water partition coefficient (Wildman–Crippen LogP) is 1.59. The first-order valence-electron chi connectivity index (χ1n) is 5.75. The molecule has 0 aromatic carbocycles. The van der Waals surface area contributed by atoms with E-state index in [0.29, 0.717) is 5.54 Å². The molecule has 0 aromatic heterocycles. The Bertz CT molecular complexity index is 249. The summed E-state index contributed by atoms with van der Waals surface area (Å²) in [7, 11) is 0. The predicted molar refractivity (Wildman–Crippen MR) is 59.2 cm³/mol. The molecule has 1 heterocycles. The van der Waals surface area contributed by atoms with Gasteiger partial charge >= 0.3 is 0 Å². The van der Waals surface area contributed by atoms with Crippen LogP contribution < -0.4 is 5.73 Å². The van der Waals surface area contributed by atoms with Gasteiger partial charge in [-0.15, -0.1) is 0 Å². The molecule has 0 saturated heterocycles. The molecule has 80 valence electrons. The van der Waals surface area contributed by atoms with Crippen LogP contribution in [-0.4, -0.2) is 29.5 Å². The molecule has 2 atom stereocenters. The second-order valence-electron chi connectivity index (χ2n) is 4.90. The minimum absolute atomic E-state index is 0.305. The average molecular weight is 195 g/mol. The number of hydrogen-bond donors (Lipinski definition) is 1. The van der Waals surface area contributed by atoms with E-state index in [4.69, 9.17) is 5.73 Å². The van der Waals surface area contributed by atoms with E-state index in [2.05, 4.69) is 23.7 Å². The van der Waals surface area contributed by atoms with Crippen molar-refractivity contribution in [2.45, 2.75) is 45.1 Å². The Hall–Kier alpha value is -0.730. The zero-order valence-electron chi connectivity index (χ0n) is 9.29. The number of rotatable bonds is 2. The molecule has 14 heavy (non-hydrogen) atoms. The van der Waals surface area contributed by atoms with Crippen LogP contribution in [0, 0.1) is 5.92 Å². The molecule has 1 fully saturated rings. The smallest absolute Gasteiger partial charge is 0.191 e. The van der Waals surface area contributed by atoms with Crippen LogP contribution in [-0.2, 0) is 0 Å². The zero-order chi connectivity index (χ0) is 10.2. The molecule has 1 spiro atoms. The van der Waals surface area contributed by atoms with Crippen LogP contribution in [0.2, 0.25) is 0 Å². The highest BCUT2D eigenvalue weighted by molar-refractivity contribution is 5.81. The second-order valence-corrected chi connectivity index (χ2v) is 4.90. The Labute approximate surface area is 86.4 Å². The molecule has 0 aromatic rings. The van der Waals surface area contributed by atoms with Gasteiger partial charge in [0.15, 0.2) is 5.96 Å². The highest BCUT2D eigenvalue weighted by Crippen LogP contribution is 2.41. The fraction of sp³-hybridized carbons (Fsp3) is 0.909. The van der Waals surface area contributed by atoms with Gasteiger partial charge in [-0.2, -0.15) is 0 Å². The van der Waals surface area contributed by atoms with Crippen LogP contribution in [0.25, 0.3) is 0 Å². The van der Waals surface area contributed by atoms with E-state index in [-0.39, 0.29) is 0 Å². The molecule has 1 aliphatic heterocycles. The molecule has 2 rings (SSSR count). The molecule has 0 amide bonds. The lowest BCUT2D eigenvalue weighted by atomic mass is 9.95. The summed E-state index contributed by atoms with van der Waals surface area (Å²) < 4.78 is 0. The number of guanidine groups is 1. The Morgan fingerprint density at radius 1 is 1.64 bits per heavy atom. The third kappa shape index (κ3) is 1.39. The van der Waals surface area contributed by atoms with Gasteiger partial charge in [-0.1, -0.05) is 13.8 Å². The maximum absolute atomic E-state index is 5.94. The van der Waals surface area contributed by atoms with Gasteiger partial charge in [0.2, 0.25) is 0 Å². The van der Waals surface area contributed by atoms with E-state index >= 15 is 0 Å². The fourth-order valence-electron chi connectivity index (χ4n) is 2.97. The Morgan fingerprint density at radius 3 is 3.00 bits per heavy atom. The number of nitrogens with two attached hydrogens (primary N) is 1. The number of aliphatic imine (C=N–C) groups is 1. The van der Waals surface area contributed by atoms with Crippen LogP contribution >= 0.6 is 0 Å². The second kappa shape index (κ2) is 3.44. The molecule has 3 heteroatoms. The van der Waals surface area contributed by atoms with Gasteiger partial charge in [-0.05, 0) is 31.6 Å². The van der Waals surface area contributed by atoms with E-state index in [1.165, 1.54) is 19.3 Å². The third-order valence-electron chi connectivity index (χ3n) is 3.66. The van der Waals surface area contributed by atoms with Crippen LogP contribution in [0.4, 0.5) is 0 Å². The summed E-state index contributed by atoms with van der Waals surface area (Å²) in [5.41, 5.74) is 6.25. The minimum atomic E-state index is 0.305. The van der Waals surface area contributed by atoms with Crippen molar-refractivity contribution >= 4 is 5.96 Å². The van der Waals surface area contributed by atoms with Crippen molar-refractivity contribution in [3.05, 3.63) is 0 Å². The van der Waals surface area contributed by atoms with Gasteiger partial charge < -0.3 is 10.6 Å². The average Bonchev–Trinajstić information content (AvgIpc) is 2.66. The van der Waals surface area contributed by atoms with Crippen molar-refractivity contribution in [2.75, 3.05) is 13.1 Å². The Balaban J connectivity index is 2.13. The standard InChI is InChI=1S/C11H21N3/c1-3-6-14-10(12)13-8-11(14)5-4-9(2)7-11/h9H,3-8H2,1-2H3,(H2,12,13). The Morgan fingerprint density at radius 2 is 2.43 bits per heavy atom. The quantitative estimate of drug-likeness (QED) is 0.727. The molecule has 3 nitrogen and oxygen atoms in total. The molecule has 0 bridgehead atoms. The number of nitrogens with zero attached hydrogens (tertiary/aromatic N) is 2. The third-order valence-corrected chi connectivity index (χ3v) is 3.66. The van der Waals surface area contributed by atoms with Crippen molar-refractivity contribution in [3.8, 4) is 0 Å². The highest BCUT2D eigenvalue weighted by atomic mass is 15.4. The lowest BCUT2D eigenvalue weighted by Gasteiger charge is -2.36. The lowest BCUT2D eigenvalue weighted by molar-refractivity contribution is 0.201. The maximum atomic E-state index is 5.94. The zero-order valence-corrected chi connectivity index (χ0v) is 9.29. The summed E-state index contributed by atoms with van der Waals surface area (Å²) in [6.45, 7) is 6.55. The van der Waals surface area contributed by atoms with E-state index < -0.39 is 0 Å². The summed E-state index contributed by atoms with van der Waals surface area (Å²) in [6, 6.07) is 0. The van der Waals surface area contributed by atoms with E-state index in [0.717, 1.165) is 31.4 Å².